The highest BCUT2D eigenvalue weighted by Crippen LogP contribution is 2.39. The Morgan fingerprint density at radius 2 is 1.51 bits per heavy atom. The summed E-state index contributed by atoms with van der Waals surface area (Å²) >= 11 is 0. The molecule has 0 bridgehead atoms. The number of piperazine rings is 1. The summed E-state index contributed by atoms with van der Waals surface area (Å²) in [6.45, 7) is 1.97. The number of amides is 2. The van der Waals surface area contributed by atoms with E-state index in [9.17, 15) is 18.0 Å². The van der Waals surface area contributed by atoms with E-state index in [1.165, 1.54) is 16.3 Å². The van der Waals surface area contributed by atoms with Gasteiger partial charge in [-0.05, 0) is 42.7 Å². The number of anilines is 1. The molecule has 2 aromatic rings. The number of fused-ring (bicyclic) bond motifs is 1. The fourth-order valence-electron chi connectivity index (χ4n) is 5.55. The highest BCUT2D eigenvalue weighted by molar-refractivity contribution is 7.89. The van der Waals surface area contributed by atoms with Gasteiger partial charge < -0.3 is 9.64 Å². The summed E-state index contributed by atoms with van der Waals surface area (Å²) < 4.78 is 34.1. The summed E-state index contributed by atoms with van der Waals surface area (Å²) in [5.74, 6) is -0.446. The molecule has 2 aliphatic heterocycles. The molecule has 3 fully saturated rings. The molecule has 1 aliphatic carbocycles. The molecule has 0 unspecified atom stereocenters. The topological polar surface area (TPSA) is 87.2 Å². The van der Waals surface area contributed by atoms with E-state index in [0.29, 0.717) is 31.7 Å². The van der Waals surface area contributed by atoms with E-state index in [1.807, 2.05) is 30.3 Å². The summed E-state index contributed by atoms with van der Waals surface area (Å²) in [7, 11) is -2.38. The first-order valence-electron chi connectivity index (χ1n) is 12.2. The van der Waals surface area contributed by atoms with Gasteiger partial charge in [-0.2, -0.15) is 4.31 Å². The first kappa shape index (κ1) is 23.8. The van der Waals surface area contributed by atoms with E-state index in [-0.39, 0.29) is 40.8 Å². The van der Waals surface area contributed by atoms with Gasteiger partial charge in [-0.3, -0.25) is 14.5 Å². The predicted molar refractivity (Wildman–Crippen MR) is 131 cm³/mol. The number of imide groups is 1. The molecular weight excluding hydrogens is 466 g/mol. The molecule has 0 radical (unpaired) electrons. The Kier molecular flexibility index (Phi) is 6.55. The maximum absolute atomic E-state index is 13.6. The second-order valence-corrected chi connectivity index (χ2v) is 11.4. The summed E-state index contributed by atoms with van der Waals surface area (Å²) in [6.07, 6.45) is 3.44. The number of hydrogen-bond donors (Lipinski definition) is 0. The van der Waals surface area contributed by atoms with E-state index < -0.39 is 10.0 Å². The van der Waals surface area contributed by atoms with E-state index >= 15 is 0 Å². The molecular formula is C26H31N3O5S. The Bertz CT molecular complexity index is 1180. The second-order valence-electron chi connectivity index (χ2n) is 9.47. The standard InChI is InChI=1S/C26H31N3O5S/c1-34-23-12-11-19(18-29-25(30)21-9-5-6-10-22(21)26(29)31)17-24(23)35(32,33)28-15-13-27(14-16-28)20-7-3-2-4-8-20/h2-4,7-8,11-12,17,21-22H,5-6,9-10,13-16,18H2,1H3/t21-,22-/m0/s1. The molecule has 186 valence electrons. The van der Waals surface area contributed by atoms with Crippen LogP contribution in [0.15, 0.2) is 53.4 Å². The number of methoxy groups -OCH3 is 1. The molecule has 2 amide bonds. The normalized spacial score (nSPS) is 23.5. The van der Waals surface area contributed by atoms with Crippen molar-refractivity contribution in [3.63, 3.8) is 0 Å². The number of ether oxygens (including phenoxy) is 1. The van der Waals surface area contributed by atoms with Crippen molar-refractivity contribution in [3.8, 4) is 5.75 Å². The van der Waals surface area contributed by atoms with Gasteiger partial charge in [0.1, 0.15) is 10.6 Å². The average molecular weight is 498 g/mol. The lowest BCUT2D eigenvalue weighted by molar-refractivity contribution is -0.140. The minimum atomic E-state index is -3.82. The van der Waals surface area contributed by atoms with Crippen molar-refractivity contribution in [1.29, 1.82) is 0 Å². The van der Waals surface area contributed by atoms with Gasteiger partial charge in [0, 0.05) is 31.9 Å². The third-order valence-electron chi connectivity index (χ3n) is 7.48. The fourth-order valence-corrected chi connectivity index (χ4v) is 7.18. The lowest BCUT2D eigenvalue weighted by Gasteiger charge is -2.35. The van der Waals surface area contributed by atoms with Crippen LogP contribution >= 0.6 is 0 Å². The Labute approximate surface area is 206 Å². The molecule has 0 spiro atoms. The van der Waals surface area contributed by atoms with Crippen LogP contribution in [0.25, 0.3) is 0 Å². The van der Waals surface area contributed by atoms with Crippen LogP contribution in [0.3, 0.4) is 0 Å². The number of nitrogens with zero attached hydrogens (tertiary/aromatic N) is 3. The number of sulfonamides is 1. The molecule has 3 aliphatic rings. The highest BCUT2D eigenvalue weighted by atomic mass is 32.2. The molecule has 9 heteroatoms. The van der Waals surface area contributed by atoms with Crippen molar-refractivity contribution in [2.24, 2.45) is 11.8 Å². The van der Waals surface area contributed by atoms with Crippen LogP contribution in [-0.4, -0.2) is 62.7 Å². The van der Waals surface area contributed by atoms with Crippen molar-refractivity contribution in [2.75, 3.05) is 38.2 Å². The van der Waals surface area contributed by atoms with Crippen molar-refractivity contribution in [1.82, 2.24) is 9.21 Å². The molecule has 2 atom stereocenters. The molecule has 1 saturated carbocycles. The maximum atomic E-state index is 13.6. The van der Waals surface area contributed by atoms with Gasteiger partial charge in [0.25, 0.3) is 0 Å². The van der Waals surface area contributed by atoms with E-state index in [0.717, 1.165) is 31.4 Å². The van der Waals surface area contributed by atoms with Crippen molar-refractivity contribution < 1.29 is 22.7 Å². The average Bonchev–Trinajstić information content (AvgIpc) is 3.14. The molecule has 8 nitrogen and oxygen atoms in total. The predicted octanol–water partition coefficient (Wildman–Crippen LogP) is 2.88. The third kappa shape index (κ3) is 4.43. The zero-order chi connectivity index (χ0) is 24.6. The second kappa shape index (κ2) is 9.62. The molecule has 0 aromatic heterocycles. The van der Waals surface area contributed by atoms with Crippen LogP contribution in [0.5, 0.6) is 5.75 Å². The first-order chi connectivity index (χ1) is 16.9. The summed E-state index contributed by atoms with van der Waals surface area (Å²) in [5.41, 5.74) is 1.68. The number of benzene rings is 2. The van der Waals surface area contributed by atoms with E-state index in [2.05, 4.69) is 4.90 Å². The molecule has 0 N–H and O–H groups in total. The number of rotatable bonds is 6. The Morgan fingerprint density at radius 1 is 0.886 bits per heavy atom. The summed E-state index contributed by atoms with van der Waals surface area (Å²) in [6, 6.07) is 14.8. The number of para-hydroxylation sites is 1. The van der Waals surface area contributed by atoms with Crippen LogP contribution in [0.2, 0.25) is 0 Å². The SMILES string of the molecule is COc1ccc(CN2C(=O)[C@H]3CCCC[C@@H]3C2=O)cc1S(=O)(=O)N1CCN(c2ccccc2)CC1. The van der Waals surface area contributed by atoms with Gasteiger partial charge in [0.05, 0.1) is 25.5 Å². The Balaban J connectivity index is 1.35. The van der Waals surface area contributed by atoms with Gasteiger partial charge in [0.15, 0.2) is 0 Å². The third-order valence-corrected chi connectivity index (χ3v) is 9.40. The number of carbonyl (C=O) groups is 2. The van der Waals surface area contributed by atoms with Crippen LogP contribution < -0.4 is 9.64 Å². The highest BCUT2D eigenvalue weighted by Gasteiger charge is 2.48. The van der Waals surface area contributed by atoms with Gasteiger partial charge >= 0.3 is 0 Å². The van der Waals surface area contributed by atoms with Gasteiger partial charge in [-0.1, -0.05) is 37.1 Å². The van der Waals surface area contributed by atoms with E-state index in [4.69, 9.17) is 4.74 Å². The maximum Gasteiger partial charge on any atom is 0.246 e. The van der Waals surface area contributed by atoms with Gasteiger partial charge in [-0.15, -0.1) is 0 Å². The van der Waals surface area contributed by atoms with Crippen LogP contribution in [0, 0.1) is 11.8 Å². The fraction of sp³-hybridized carbons (Fsp3) is 0.462. The monoisotopic (exact) mass is 497 g/mol. The van der Waals surface area contributed by atoms with Gasteiger partial charge in [0.2, 0.25) is 21.8 Å². The van der Waals surface area contributed by atoms with Gasteiger partial charge in [-0.25, -0.2) is 8.42 Å². The van der Waals surface area contributed by atoms with Crippen molar-refractivity contribution in [3.05, 3.63) is 54.1 Å². The molecule has 2 saturated heterocycles. The zero-order valence-electron chi connectivity index (χ0n) is 19.9. The molecule has 5 rings (SSSR count). The lowest BCUT2D eigenvalue weighted by atomic mass is 9.81. The minimum Gasteiger partial charge on any atom is -0.495 e. The van der Waals surface area contributed by atoms with Crippen LogP contribution in [-0.2, 0) is 26.2 Å². The minimum absolute atomic E-state index is 0.0715. The van der Waals surface area contributed by atoms with Crippen LogP contribution in [0.1, 0.15) is 31.2 Å². The summed E-state index contributed by atoms with van der Waals surface area (Å²) in [5, 5.41) is 0. The van der Waals surface area contributed by atoms with Crippen molar-refractivity contribution >= 4 is 27.5 Å². The quantitative estimate of drug-likeness (QED) is 0.571. The molecule has 2 heterocycles. The molecule has 2 aromatic carbocycles. The smallest absolute Gasteiger partial charge is 0.246 e. The zero-order valence-corrected chi connectivity index (χ0v) is 20.7. The Morgan fingerprint density at radius 3 is 2.11 bits per heavy atom. The summed E-state index contributed by atoms with van der Waals surface area (Å²) in [4.78, 5) is 29.4. The number of hydrogen-bond acceptors (Lipinski definition) is 6. The molecule has 35 heavy (non-hydrogen) atoms. The van der Waals surface area contributed by atoms with Crippen molar-refractivity contribution in [2.45, 2.75) is 37.1 Å². The van der Waals surface area contributed by atoms with Crippen LogP contribution in [0.4, 0.5) is 5.69 Å². The number of carbonyl (C=O) groups excluding carboxylic acids is 2. The first-order valence-corrected chi connectivity index (χ1v) is 13.7. The number of likely N-dealkylation sites (tertiary alicyclic amines) is 1. The largest absolute Gasteiger partial charge is 0.495 e. The van der Waals surface area contributed by atoms with E-state index in [1.54, 1.807) is 18.2 Å². The lowest BCUT2D eigenvalue weighted by Crippen LogP contribution is -2.48. The Hall–Kier alpha value is -2.91.